The van der Waals surface area contributed by atoms with E-state index >= 15 is 23.6 Å². The smallest absolute Gasteiger partial charge is 0.328 e. The van der Waals surface area contributed by atoms with Gasteiger partial charge in [0.1, 0.15) is 78.5 Å². The van der Waals surface area contributed by atoms with Crippen LogP contribution in [-0.2, 0) is 28.5 Å². The normalized spacial score (nSPS) is 11.4. The molecule has 0 aliphatic rings. The first-order valence-electron chi connectivity index (χ1n) is 36.8. The third-order valence-electron chi connectivity index (χ3n) is 16.8. The number of aromatic nitrogens is 4. The van der Waals surface area contributed by atoms with Crippen molar-refractivity contribution in [3.8, 4) is 46.0 Å². The number of benzene rings is 6. The van der Waals surface area contributed by atoms with E-state index in [1.807, 2.05) is 6.92 Å². The predicted octanol–water partition coefficient (Wildman–Crippen LogP) is 14.0. The fraction of sp³-hybridized carbons (Fsp3) is 0.452. The van der Waals surface area contributed by atoms with Crippen molar-refractivity contribution in [1.82, 2.24) is 25.3 Å². The van der Waals surface area contributed by atoms with Crippen LogP contribution in [0.2, 0.25) is 0 Å². The monoisotopic (exact) mass is 1510 g/mol. The minimum absolute atomic E-state index is 0.00739. The van der Waals surface area contributed by atoms with Crippen LogP contribution in [0.1, 0.15) is 118 Å². The van der Waals surface area contributed by atoms with Crippen LogP contribution < -0.4 is 65.4 Å². The van der Waals surface area contributed by atoms with Crippen LogP contribution in [0.3, 0.4) is 0 Å². The molecule has 1 atom stereocenters. The molecule has 5 N–H and O–H groups in total. The van der Waals surface area contributed by atoms with Crippen molar-refractivity contribution < 1.29 is 75.6 Å². The van der Waals surface area contributed by atoms with Gasteiger partial charge in [-0.05, 0) is 129 Å². The minimum Gasteiger partial charge on any atom is -0.495 e. The summed E-state index contributed by atoms with van der Waals surface area (Å²) in [7, 11) is 5.53. The van der Waals surface area contributed by atoms with Gasteiger partial charge in [0.05, 0.1) is 116 Å². The van der Waals surface area contributed by atoms with Crippen LogP contribution in [0.4, 0.5) is 4.39 Å². The number of halogens is 1. The molecule has 0 aliphatic carbocycles. The molecule has 7 aromatic rings. The van der Waals surface area contributed by atoms with E-state index in [9.17, 15) is 9.59 Å². The van der Waals surface area contributed by atoms with Gasteiger partial charge in [0.15, 0.2) is 5.82 Å². The Kier molecular flexibility index (Phi) is 34.6. The van der Waals surface area contributed by atoms with Gasteiger partial charge in [0.25, 0.3) is 28.1 Å². The molecule has 12 bridgehead atoms. The van der Waals surface area contributed by atoms with Crippen molar-refractivity contribution in [2.75, 3.05) is 114 Å². The maximum atomic E-state index is 17.3. The fourth-order valence-electron chi connectivity index (χ4n) is 10.5. The number of carbonyl (C=O) groups is 2. The second-order valence-corrected chi connectivity index (χ2v) is 27.3. The van der Waals surface area contributed by atoms with Gasteiger partial charge in [-0.2, -0.15) is 0 Å². The van der Waals surface area contributed by atoms with Crippen molar-refractivity contribution in [2.24, 2.45) is 23.7 Å². The van der Waals surface area contributed by atoms with E-state index < -0.39 is 46.0 Å². The maximum absolute atomic E-state index is 17.3. The Bertz CT molecular complexity index is 4550. The molecule has 1 amide bonds. The molecule has 1 heterocycles. The molecule has 25 heteroatoms. The predicted molar refractivity (Wildman–Crippen MR) is 421 cm³/mol. The number of rotatable bonds is 38. The number of hydrogen-bond acceptors (Lipinski definition) is 19. The van der Waals surface area contributed by atoms with Crippen LogP contribution in [0.5, 0.6) is 46.0 Å². The van der Waals surface area contributed by atoms with Crippen molar-refractivity contribution in [2.45, 2.75) is 114 Å². The quantitative estimate of drug-likeness (QED) is 0.0177. The van der Waals surface area contributed by atoms with Crippen molar-refractivity contribution >= 4 is 77.0 Å². The average Bonchev–Trinajstić information content (AvgIpc) is 0.793. The summed E-state index contributed by atoms with van der Waals surface area (Å²) < 4.78 is 94.9. The van der Waals surface area contributed by atoms with Gasteiger partial charge in [0.2, 0.25) is 0 Å². The van der Waals surface area contributed by atoms with Gasteiger partial charge in [0, 0.05) is 61.0 Å². The van der Waals surface area contributed by atoms with Crippen LogP contribution in [0, 0.1) is 53.8 Å². The van der Waals surface area contributed by atoms with E-state index in [4.69, 9.17) is 61.6 Å². The van der Waals surface area contributed by atoms with E-state index in [1.54, 1.807) is 12.1 Å². The third-order valence-corrected chi connectivity index (χ3v) is 16.8. The number of methoxy groups -OCH3 is 4. The summed E-state index contributed by atoms with van der Waals surface area (Å²) in [6.45, 7) is 22.3. The lowest BCUT2D eigenvalue weighted by molar-refractivity contribution is -0.145. The number of hydrogen-bond donors (Lipinski definition) is 5. The molecule has 1 aromatic heterocycles. The number of nitrogens with one attached hydrogen (secondary N) is 5. The zero-order chi connectivity index (χ0) is 78.9. The lowest BCUT2D eigenvalue weighted by Crippen LogP contribution is -2.39. The number of ether oxygens (including phenoxy) is 13. The summed E-state index contributed by atoms with van der Waals surface area (Å²) in [5.74, 6) is -0.447. The molecule has 109 heavy (non-hydrogen) atoms. The Morgan fingerprint density at radius 3 is 1.05 bits per heavy atom. The molecule has 0 saturated heterocycles. The van der Waals surface area contributed by atoms with E-state index in [0.717, 1.165) is 32.1 Å². The molecule has 586 valence electrons. The van der Waals surface area contributed by atoms with Crippen LogP contribution in [0.15, 0.2) is 104 Å². The van der Waals surface area contributed by atoms with Gasteiger partial charge in [-0.3, -0.25) is 24.0 Å². The number of carbonyl (C=O) groups excluding carboxylic acids is 2. The highest BCUT2D eigenvalue weighted by molar-refractivity contribution is 5.99. The van der Waals surface area contributed by atoms with Gasteiger partial charge in [-0.1, -0.05) is 93.0 Å². The summed E-state index contributed by atoms with van der Waals surface area (Å²) in [5, 5.41) is 1.89. The topological polar surface area (TPSA) is 298 Å². The Labute approximate surface area is 634 Å². The number of unbranched alkanes of at least 4 members (excludes halogenated alkanes) is 1. The highest BCUT2D eigenvalue weighted by Gasteiger charge is 2.21. The van der Waals surface area contributed by atoms with Crippen molar-refractivity contribution in [3.63, 3.8) is 0 Å². The standard InChI is InChI=1S/C84H104FN5O19/c1-15-16-29-109-84(96)56(10)86-79(91)61-44-59-21-17-57-19-23-70(97-11)66(42-57)87-80(92)62-46-64(74(107-40-36-103-32-27-54(6)7)49-72(62)105-38-34-101-30-25-52(2)3)82(94)89-68-48-69(77(100-14)51-76(68)99-13)90-83(95)65-47-63(81(93)88-67-43-58(20-24-71(67)98-12)18-22-60(45-61)78(59)85)73(106-39-35-102-31-26-53(4)5)50-75(65)108-41-37-104-33-28-55(8)9/h19-20,23-24,42-56H,15-16,25-41H2,1-14H3,(H,86,91)(H,87,92)(H,88,93)(H,89,94)(H,90,95)/t56-/m0/s1. The molecular formula is C84H104FN5O19. The first-order valence-corrected chi connectivity index (χ1v) is 36.8. The Hall–Kier alpha value is -10.6. The number of fused-ring (bicyclic) bond motifs is 12. The average molecular weight is 1510 g/mol. The highest BCUT2D eigenvalue weighted by Crippen LogP contribution is 2.32. The van der Waals surface area contributed by atoms with E-state index in [1.165, 1.54) is 108 Å². The summed E-state index contributed by atoms with van der Waals surface area (Å²) in [4.78, 5) is 99.9. The fourth-order valence-corrected chi connectivity index (χ4v) is 10.5. The largest absolute Gasteiger partial charge is 0.495 e. The zero-order valence-electron chi connectivity index (χ0n) is 65.0. The summed E-state index contributed by atoms with van der Waals surface area (Å²) in [6.07, 6.45) is 4.52. The first-order chi connectivity index (χ1) is 52.4. The molecule has 0 radical (unpaired) electrons. The van der Waals surface area contributed by atoms with Crippen LogP contribution in [-0.4, -0.2) is 152 Å². The summed E-state index contributed by atoms with van der Waals surface area (Å²) in [5.41, 5.74) is -3.17. The van der Waals surface area contributed by atoms with Crippen LogP contribution >= 0.6 is 0 Å². The number of amides is 1. The Morgan fingerprint density at radius 2 is 0.725 bits per heavy atom. The second-order valence-electron chi connectivity index (χ2n) is 27.3. The SMILES string of the molecule is CCCCOC(=O)[C@H](C)NC(=O)c1cc2c#cc3ccc(OC)c(c3)[nH]c(=O)c3cc(c(OCCOCCC(C)C)cc3OCCOCCC(C)C)c(=O)[nH]c3cc([nH]c(=O)c4cc(c(OCCOCCC(C)C)cc4OCCOCCC(C)C)c(=O)[nH]c4cc(c#cc(c1)c2F)ccc4OC)c(OC)cc3OC. The molecule has 7 rings (SSSR count). The molecule has 0 spiro atoms. The summed E-state index contributed by atoms with van der Waals surface area (Å²) >= 11 is 0. The van der Waals surface area contributed by atoms with Crippen molar-refractivity contribution in [3.05, 3.63) is 162 Å². The van der Waals surface area contributed by atoms with Gasteiger partial charge in [-0.15, -0.1) is 0 Å². The lowest BCUT2D eigenvalue weighted by atomic mass is 10.1. The molecule has 6 aromatic carbocycles. The summed E-state index contributed by atoms with van der Waals surface area (Å²) in [6, 6.07) is 30.4. The lowest BCUT2D eigenvalue weighted by Gasteiger charge is -2.13. The maximum Gasteiger partial charge on any atom is 0.328 e. The number of esters is 1. The van der Waals surface area contributed by atoms with Gasteiger partial charge >= 0.3 is 5.97 Å². The van der Waals surface area contributed by atoms with Crippen molar-refractivity contribution in [1.29, 1.82) is 0 Å². The van der Waals surface area contributed by atoms with Crippen LogP contribution in [0.25, 0.3) is 65.2 Å². The molecule has 0 saturated carbocycles. The molecule has 0 aliphatic heterocycles. The molecule has 0 unspecified atom stereocenters. The third kappa shape index (κ3) is 26.7. The van der Waals surface area contributed by atoms with E-state index in [0.29, 0.717) is 56.5 Å². The van der Waals surface area contributed by atoms with Gasteiger partial charge in [-0.25, -0.2) is 9.18 Å². The molecular weight excluding hydrogens is 1400 g/mol. The first kappa shape index (κ1) is 85.7. The number of aromatic amines is 4. The Balaban J connectivity index is 1.66. The minimum atomic E-state index is -1.11. The zero-order valence-corrected chi connectivity index (χ0v) is 65.0. The van der Waals surface area contributed by atoms with Gasteiger partial charge < -0.3 is 86.8 Å². The highest BCUT2D eigenvalue weighted by atomic mass is 19.1. The second kappa shape index (κ2) is 44.0. The Morgan fingerprint density at radius 1 is 0.394 bits per heavy atom. The molecule has 24 nitrogen and oxygen atoms in total. The molecule has 0 fully saturated rings. The van der Waals surface area contributed by atoms with E-state index in [2.05, 4.69) is 105 Å². The van der Waals surface area contributed by atoms with E-state index in [-0.39, 0.29) is 176 Å². The number of H-pyrrole nitrogens is 4.